The van der Waals surface area contributed by atoms with Crippen LogP contribution in [0.25, 0.3) is 0 Å². The van der Waals surface area contributed by atoms with Crippen molar-refractivity contribution >= 4 is 12.0 Å². The minimum absolute atomic E-state index is 0.136. The van der Waals surface area contributed by atoms with Gasteiger partial charge in [-0.3, -0.25) is 0 Å². The maximum atomic E-state index is 13.3. The summed E-state index contributed by atoms with van der Waals surface area (Å²) in [7, 11) is 0. The van der Waals surface area contributed by atoms with Gasteiger partial charge < -0.3 is 9.64 Å². The molecule has 0 heterocycles. The molecule has 0 unspecified atom stereocenters. The zero-order valence-electron chi connectivity index (χ0n) is 15.1. The summed E-state index contributed by atoms with van der Waals surface area (Å²) in [5, 5.41) is 0. The summed E-state index contributed by atoms with van der Waals surface area (Å²) in [5.74, 6) is -0.638. The monoisotopic (exact) mass is 346 g/mol. The number of aliphatic imine (C=N–C) groups is 1. The van der Waals surface area contributed by atoms with Gasteiger partial charge in [0.1, 0.15) is 23.1 Å². The first kappa shape index (κ1) is 18.9. The predicted molar refractivity (Wildman–Crippen MR) is 98.0 cm³/mol. The molecule has 0 radical (unpaired) electrons. The fourth-order valence-corrected chi connectivity index (χ4v) is 2.47. The third-order valence-corrected chi connectivity index (χ3v) is 3.83. The maximum Gasteiger partial charge on any atom is 0.133 e. The van der Waals surface area contributed by atoms with Crippen LogP contribution in [0.3, 0.4) is 0 Å². The molecule has 0 aliphatic rings. The summed E-state index contributed by atoms with van der Waals surface area (Å²) in [6, 6.07) is 6.89. The summed E-state index contributed by atoms with van der Waals surface area (Å²) in [5.41, 5.74) is 2.63. The number of rotatable bonds is 7. The van der Waals surface area contributed by atoms with E-state index in [1.54, 1.807) is 0 Å². The molecule has 0 fully saturated rings. The number of ether oxygens (including phenoxy) is 1. The lowest BCUT2D eigenvalue weighted by atomic mass is 10.1. The second kappa shape index (κ2) is 8.60. The second-order valence-corrected chi connectivity index (χ2v) is 5.98. The Morgan fingerprint density at radius 3 is 2.28 bits per heavy atom. The van der Waals surface area contributed by atoms with E-state index in [-0.39, 0.29) is 5.75 Å². The lowest BCUT2D eigenvalue weighted by molar-refractivity contribution is 0.452. The van der Waals surface area contributed by atoms with E-state index >= 15 is 0 Å². The van der Waals surface area contributed by atoms with E-state index in [1.165, 1.54) is 0 Å². The van der Waals surface area contributed by atoms with Crippen LogP contribution in [0.5, 0.6) is 11.5 Å². The fourth-order valence-electron chi connectivity index (χ4n) is 2.47. The highest BCUT2D eigenvalue weighted by molar-refractivity contribution is 5.65. The van der Waals surface area contributed by atoms with E-state index in [2.05, 4.69) is 23.7 Å². The summed E-state index contributed by atoms with van der Waals surface area (Å²) >= 11 is 0. The molecule has 3 nitrogen and oxygen atoms in total. The molecular formula is C20H24F2N2O. The van der Waals surface area contributed by atoms with Gasteiger partial charge in [-0.15, -0.1) is 0 Å². The normalized spacial score (nSPS) is 11.1. The standard InChI is InChI=1S/C20H24F2N2O/c1-5-7-24(6-2)13-23-19-8-15(4)20(9-14(19)3)25-18-11-16(21)10-17(22)12-18/h8-13H,5-7H2,1-4H3. The third kappa shape index (κ3) is 5.28. The molecular weight excluding hydrogens is 322 g/mol. The number of halogens is 2. The molecule has 25 heavy (non-hydrogen) atoms. The van der Waals surface area contributed by atoms with Gasteiger partial charge in [0.05, 0.1) is 12.0 Å². The van der Waals surface area contributed by atoms with Crippen molar-refractivity contribution in [2.75, 3.05) is 13.1 Å². The Kier molecular flexibility index (Phi) is 6.51. The predicted octanol–water partition coefficient (Wildman–Crippen LogP) is 5.77. The molecule has 2 aromatic carbocycles. The first-order valence-electron chi connectivity index (χ1n) is 8.46. The summed E-state index contributed by atoms with van der Waals surface area (Å²) in [4.78, 5) is 6.71. The van der Waals surface area contributed by atoms with Crippen molar-refractivity contribution in [1.29, 1.82) is 0 Å². The zero-order valence-corrected chi connectivity index (χ0v) is 15.1. The SMILES string of the molecule is CCCN(C=Nc1cc(C)c(Oc2cc(F)cc(F)c2)cc1C)CC. The van der Waals surface area contributed by atoms with E-state index in [9.17, 15) is 8.78 Å². The van der Waals surface area contributed by atoms with Crippen molar-refractivity contribution in [3.05, 3.63) is 53.1 Å². The first-order valence-corrected chi connectivity index (χ1v) is 8.46. The van der Waals surface area contributed by atoms with Crippen molar-refractivity contribution in [2.24, 2.45) is 4.99 Å². The van der Waals surface area contributed by atoms with Crippen LogP contribution in [0, 0.1) is 25.5 Å². The van der Waals surface area contributed by atoms with Gasteiger partial charge in [0.2, 0.25) is 0 Å². The molecule has 0 aliphatic carbocycles. The molecule has 5 heteroatoms. The lowest BCUT2D eigenvalue weighted by Crippen LogP contribution is -2.21. The van der Waals surface area contributed by atoms with Crippen LogP contribution in [0.1, 0.15) is 31.4 Å². The zero-order chi connectivity index (χ0) is 18.4. The second-order valence-electron chi connectivity index (χ2n) is 5.98. The van der Waals surface area contributed by atoms with Crippen molar-refractivity contribution in [3.8, 4) is 11.5 Å². The Morgan fingerprint density at radius 2 is 1.68 bits per heavy atom. The summed E-state index contributed by atoms with van der Waals surface area (Å²) in [6.45, 7) is 9.91. The fraction of sp³-hybridized carbons (Fsp3) is 0.350. The Morgan fingerprint density at radius 1 is 1.00 bits per heavy atom. The van der Waals surface area contributed by atoms with Crippen molar-refractivity contribution in [3.63, 3.8) is 0 Å². The molecule has 2 rings (SSSR count). The van der Waals surface area contributed by atoms with Crippen LogP contribution >= 0.6 is 0 Å². The van der Waals surface area contributed by atoms with Gasteiger partial charge in [-0.05, 0) is 50.5 Å². The van der Waals surface area contributed by atoms with Crippen LogP contribution in [-0.2, 0) is 0 Å². The lowest BCUT2D eigenvalue weighted by Gasteiger charge is -2.16. The molecule has 0 spiro atoms. The Hall–Kier alpha value is -2.43. The highest BCUT2D eigenvalue weighted by atomic mass is 19.1. The molecule has 0 bridgehead atoms. The maximum absolute atomic E-state index is 13.3. The van der Waals surface area contributed by atoms with Crippen molar-refractivity contribution < 1.29 is 13.5 Å². The molecule has 0 N–H and O–H groups in total. The number of nitrogens with zero attached hydrogens (tertiary/aromatic N) is 2. The van der Waals surface area contributed by atoms with Crippen LogP contribution in [-0.4, -0.2) is 24.3 Å². The Labute approximate surface area is 148 Å². The Bertz CT molecular complexity index is 739. The topological polar surface area (TPSA) is 24.8 Å². The number of hydrogen-bond acceptors (Lipinski definition) is 2. The smallest absolute Gasteiger partial charge is 0.133 e. The van der Waals surface area contributed by atoms with Gasteiger partial charge >= 0.3 is 0 Å². The molecule has 2 aromatic rings. The van der Waals surface area contributed by atoms with Crippen LogP contribution in [0.15, 0.2) is 35.3 Å². The highest BCUT2D eigenvalue weighted by Crippen LogP contribution is 2.32. The molecule has 0 atom stereocenters. The van der Waals surface area contributed by atoms with Crippen LogP contribution in [0.4, 0.5) is 14.5 Å². The van der Waals surface area contributed by atoms with Crippen molar-refractivity contribution in [2.45, 2.75) is 34.1 Å². The minimum Gasteiger partial charge on any atom is -0.457 e. The summed E-state index contributed by atoms with van der Waals surface area (Å²) in [6.07, 6.45) is 2.92. The molecule has 0 saturated heterocycles. The van der Waals surface area contributed by atoms with Gasteiger partial charge in [0.25, 0.3) is 0 Å². The number of benzene rings is 2. The highest BCUT2D eigenvalue weighted by Gasteiger charge is 2.08. The number of aryl methyl sites for hydroxylation is 2. The van der Waals surface area contributed by atoms with Crippen LogP contribution in [0.2, 0.25) is 0 Å². The van der Waals surface area contributed by atoms with Gasteiger partial charge in [0.15, 0.2) is 0 Å². The minimum atomic E-state index is -0.666. The first-order chi connectivity index (χ1) is 11.9. The molecule has 0 aromatic heterocycles. The molecule has 0 amide bonds. The Balaban J connectivity index is 2.23. The molecule has 0 aliphatic heterocycles. The van der Waals surface area contributed by atoms with E-state index in [0.717, 1.165) is 54.5 Å². The van der Waals surface area contributed by atoms with Gasteiger partial charge in [-0.1, -0.05) is 6.92 Å². The van der Waals surface area contributed by atoms with E-state index in [1.807, 2.05) is 32.3 Å². The van der Waals surface area contributed by atoms with Gasteiger partial charge in [-0.25, -0.2) is 13.8 Å². The average molecular weight is 346 g/mol. The number of hydrogen-bond donors (Lipinski definition) is 0. The van der Waals surface area contributed by atoms with Gasteiger partial charge in [-0.2, -0.15) is 0 Å². The molecule has 134 valence electrons. The van der Waals surface area contributed by atoms with E-state index < -0.39 is 11.6 Å². The largest absolute Gasteiger partial charge is 0.457 e. The molecule has 0 saturated carbocycles. The quantitative estimate of drug-likeness (QED) is 0.470. The van der Waals surface area contributed by atoms with E-state index in [0.29, 0.717) is 5.75 Å². The average Bonchev–Trinajstić information content (AvgIpc) is 2.54. The van der Waals surface area contributed by atoms with Crippen molar-refractivity contribution in [1.82, 2.24) is 4.90 Å². The van der Waals surface area contributed by atoms with E-state index in [4.69, 9.17) is 4.74 Å². The summed E-state index contributed by atoms with van der Waals surface area (Å²) < 4.78 is 32.3. The van der Waals surface area contributed by atoms with Gasteiger partial charge in [0, 0.05) is 31.3 Å². The third-order valence-electron chi connectivity index (χ3n) is 3.83. The van der Waals surface area contributed by atoms with Crippen LogP contribution < -0.4 is 4.74 Å².